The number of para-hydroxylation sites is 1. The van der Waals surface area contributed by atoms with Crippen molar-refractivity contribution < 1.29 is 4.74 Å². The van der Waals surface area contributed by atoms with Crippen LogP contribution in [-0.2, 0) is 0 Å². The molecule has 0 aromatic heterocycles. The lowest BCUT2D eigenvalue weighted by Gasteiger charge is -2.10. The molecule has 0 fully saturated rings. The molecule has 0 aliphatic heterocycles. The monoisotopic (exact) mass is 387 g/mol. The van der Waals surface area contributed by atoms with Gasteiger partial charge in [0.05, 0.1) is 5.69 Å². The first-order valence-electron chi connectivity index (χ1n) is 9.42. The van der Waals surface area contributed by atoms with E-state index in [0.717, 1.165) is 17.0 Å². The van der Waals surface area contributed by atoms with Crippen LogP contribution in [0.5, 0.6) is 5.75 Å². The summed E-state index contributed by atoms with van der Waals surface area (Å²) in [4.78, 5) is 5.96. The highest BCUT2D eigenvalue weighted by molar-refractivity contribution is 8.02. The highest BCUT2D eigenvalue weighted by Gasteiger charge is 2.08. The summed E-state index contributed by atoms with van der Waals surface area (Å²) in [6, 6.07) is 28.4. The van der Waals surface area contributed by atoms with Crippen LogP contribution in [0.4, 0.5) is 5.69 Å². The molecule has 28 heavy (non-hydrogen) atoms. The second-order valence-corrected chi connectivity index (χ2v) is 7.75. The SMILES string of the molecule is CC(=C\Sc1ccccc1)/C(=N\c1ccc(C(C)C)cc1)Oc1ccccc1. The third-order valence-electron chi connectivity index (χ3n) is 4.20. The Morgan fingerprint density at radius 1 is 0.857 bits per heavy atom. The van der Waals surface area contributed by atoms with E-state index in [-0.39, 0.29) is 0 Å². The zero-order valence-corrected chi connectivity index (χ0v) is 17.3. The molecule has 0 amide bonds. The van der Waals surface area contributed by atoms with Crippen LogP contribution >= 0.6 is 11.8 Å². The molecule has 0 saturated carbocycles. The van der Waals surface area contributed by atoms with Gasteiger partial charge in [0, 0.05) is 10.5 Å². The molecule has 0 aliphatic rings. The smallest absolute Gasteiger partial charge is 0.223 e. The van der Waals surface area contributed by atoms with E-state index in [1.807, 2.05) is 67.6 Å². The van der Waals surface area contributed by atoms with Crippen LogP contribution in [0, 0.1) is 0 Å². The highest BCUT2D eigenvalue weighted by Crippen LogP contribution is 2.24. The summed E-state index contributed by atoms with van der Waals surface area (Å²) in [7, 11) is 0. The van der Waals surface area contributed by atoms with Crippen LogP contribution in [0.15, 0.2) is 106 Å². The first-order valence-corrected chi connectivity index (χ1v) is 10.3. The molecule has 0 bridgehead atoms. The topological polar surface area (TPSA) is 21.6 Å². The van der Waals surface area contributed by atoms with Crippen LogP contribution in [0.25, 0.3) is 0 Å². The van der Waals surface area contributed by atoms with Crippen molar-refractivity contribution in [3.05, 3.63) is 101 Å². The second kappa shape index (κ2) is 9.95. The van der Waals surface area contributed by atoms with Crippen LogP contribution in [-0.4, -0.2) is 5.90 Å². The maximum Gasteiger partial charge on any atom is 0.223 e. The molecule has 0 atom stereocenters. The Morgan fingerprint density at radius 2 is 1.46 bits per heavy atom. The van der Waals surface area contributed by atoms with E-state index in [2.05, 4.69) is 43.5 Å². The lowest BCUT2D eigenvalue weighted by atomic mass is 10.0. The summed E-state index contributed by atoms with van der Waals surface area (Å²) in [5.41, 5.74) is 3.16. The van der Waals surface area contributed by atoms with E-state index >= 15 is 0 Å². The van der Waals surface area contributed by atoms with E-state index in [4.69, 9.17) is 9.73 Å². The highest BCUT2D eigenvalue weighted by atomic mass is 32.2. The summed E-state index contributed by atoms with van der Waals surface area (Å²) in [6.45, 7) is 6.41. The Morgan fingerprint density at radius 3 is 2.07 bits per heavy atom. The van der Waals surface area contributed by atoms with Crippen molar-refractivity contribution in [2.24, 2.45) is 4.99 Å². The first-order chi connectivity index (χ1) is 13.6. The molecule has 0 heterocycles. The van der Waals surface area contributed by atoms with Crippen LogP contribution < -0.4 is 4.74 Å². The lowest BCUT2D eigenvalue weighted by molar-refractivity contribution is 0.551. The van der Waals surface area contributed by atoms with Crippen molar-refractivity contribution in [2.75, 3.05) is 0 Å². The average molecular weight is 388 g/mol. The molecule has 3 rings (SSSR count). The Bertz CT molecular complexity index is 929. The summed E-state index contributed by atoms with van der Waals surface area (Å²) >= 11 is 1.66. The molecular weight excluding hydrogens is 362 g/mol. The maximum atomic E-state index is 6.11. The van der Waals surface area contributed by atoms with E-state index in [9.17, 15) is 0 Å². The fourth-order valence-electron chi connectivity index (χ4n) is 2.55. The Labute approximate surface area is 172 Å². The molecule has 0 unspecified atom stereocenters. The standard InChI is InChI=1S/C25H25NOS/c1-19(2)21-14-16-22(17-15-21)26-25(27-23-10-6-4-7-11-23)20(3)18-28-24-12-8-5-9-13-24/h4-19H,1-3H3/b20-18+,26-25+. The molecule has 2 nitrogen and oxygen atoms in total. The number of benzene rings is 3. The van der Waals surface area contributed by atoms with Gasteiger partial charge in [-0.25, -0.2) is 4.99 Å². The van der Waals surface area contributed by atoms with Gasteiger partial charge in [-0.05, 0) is 60.2 Å². The minimum Gasteiger partial charge on any atom is -0.439 e. The van der Waals surface area contributed by atoms with Crippen molar-refractivity contribution in [1.82, 2.24) is 0 Å². The molecule has 0 N–H and O–H groups in total. The van der Waals surface area contributed by atoms with Crippen molar-refractivity contribution in [2.45, 2.75) is 31.6 Å². The predicted octanol–water partition coefficient (Wildman–Crippen LogP) is 7.62. The van der Waals surface area contributed by atoms with Gasteiger partial charge in [-0.3, -0.25) is 0 Å². The van der Waals surface area contributed by atoms with Gasteiger partial charge in [-0.15, -0.1) is 0 Å². The molecule has 142 valence electrons. The van der Waals surface area contributed by atoms with Crippen molar-refractivity contribution in [1.29, 1.82) is 0 Å². The van der Waals surface area contributed by atoms with Crippen molar-refractivity contribution >= 4 is 23.3 Å². The van der Waals surface area contributed by atoms with Crippen molar-refractivity contribution in [3.63, 3.8) is 0 Å². The third kappa shape index (κ3) is 5.86. The van der Waals surface area contributed by atoms with E-state index in [0.29, 0.717) is 11.8 Å². The predicted molar refractivity (Wildman–Crippen MR) is 121 cm³/mol. The molecule has 0 spiro atoms. The number of ether oxygens (including phenoxy) is 1. The lowest BCUT2D eigenvalue weighted by Crippen LogP contribution is -2.09. The van der Waals surface area contributed by atoms with Gasteiger partial charge in [-0.1, -0.05) is 74.1 Å². The summed E-state index contributed by atoms with van der Waals surface area (Å²) in [5.74, 6) is 1.88. The van der Waals surface area contributed by atoms with Gasteiger partial charge >= 0.3 is 0 Å². The minimum atomic E-state index is 0.502. The van der Waals surface area contributed by atoms with Crippen LogP contribution in [0.1, 0.15) is 32.3 Å². The summed E-state index contributed by atoms with van der Waals surface area (Å²) in [5, 5.41) is 2.08. The summed E-state index contributed by atoms with van der Waals surface area (Å²) < 4.78 is 6.11. The van der Waals surface area contributed by atoms with Gasteiger partial charge in [0.25, 0.3) is 0 Å². The van der Waals surface area contributed by atoms with Crippen LogP contribution in [0.3, 0.4) is 0 Å². The average Bonchev–Trinajstić information content (AvgIpc) is 2.73. The van der Waals surface area contributed by atoms with Gasteiger partial charge in [0.1, 0.15) is 5.75 Å². The van der Waals surface area contributed by atoms with Gasteiger partial charge in [0.15, 0.2) is 0 Å². The zero-order chi connectivity index (χ0) is 19.8. The Kier molecular flexibility index (Phi) is 7.10. The second-order valence-electron chi connectivity index (χ2n) is 6.81. The van der Waals surface area contributed by atoms with E-state index in [1.165, 1.54) is 10.5 Å². The molecule has 0 radical (unpaired) electrons. The van der Waals surface area contributed by atoms with Gasteiger partial charge in [0.2, 0.25) is 5.90 Å². The number of hydrogen-bond acceptors (Lipinski definition) is 3. The fourth-order valence-corrected chi connectivity index (χ4v) is 3.28. The minimum absolute atomic E-state index is 0.502. The number of rotatable bonds is 6. The molecule has 3 aromatic carbocycles. The number of hydrogen-bond donors (Lipinski definition) is 0. The molecule has 3 aromatic rings. The number of thioether (sulfide) groups is 1. The normalized spacial score (nSPS) is 12.3. The van der Waals surface area contributed by atoms with Gasteiger partial charge in [-0.2, -0.15) is 0 Å². The molecule has 3 heteroatoms. The number of aliphatic imine (C=N–C) groups is 1. The molecule has 0 aliphatic carbocycles. The molecular formula is C25H25NOS. The van der Waals surface area contributed by atoms with Crippen LogP contribution in [0.2, 0.25) is 0 Å². The Hall–Kier alpha value is -2.78. The van der Waals surface area contributed by atoms with E-state index in [1.54, 1.807) is 11.8 Å². The zero-order valence-electron chi connectivity index (χ0n) is 16.5. The quantitative estimate of drug-likeness (QED) is 0.246. The third-order valence-corrected chi connectivity index (χ3v) is 5.22. The number of nitrogens with zero attached hydrogens (tertiary/aromatic N) is 1. The maximum absolute atomic E-state index is 6.11. The van der Waals surface area contributed by atoms with Gasteiger partial charge < -0.3 is 4.74 Å². The van der Waals surface area contributed by atoms with E-state index < -0.39 is 0 Å². The largest absolute Gasteiger partial charge is 0.439 e. The van der Waals surface area contributed by atoms with Crippen molar-refractivity contribution in [3.8, 4) is 5.75 Å². The summed E-state index contributed by atoms with van der Waals surface area (Å²) in [6.07, 6.45) is 0. The molecule has 0 saturated heterocycles. The Balaban J connectivity index is 1.87. The fraction of sp³-hybridized carbons (Fsp3) is 0.160. The first kappa shape index (κ1) is 20.0.